The zero-order valence-corrected chi connectivity index (χ0v) is 9.65. The molecular formula is C9H20ClNO3. The van der Waals surface area contributed by atoms with E-state index in [1.54, 1.807) is 19.0 Å². The van der Waals surface area contributed by atoms with Crippen molar-refractivity contribution in [2.24, 2.45) is 0 Å². The van der Waals surface area contributed by atoms with Crippen LogP contribution in [0, 0.1) is 0 Å². The van der Waals surface area contributed by atoms with E-state index in [1.165, 1.54) is 6.92 Å². The van der Waals surface area contributed by atoms with Crippen molar-refractivity contribution in [3.8, 4) is 0 Å². The van der Waals surface area contributed by atoms with E-state index in [0.29, 0.717) is 6.42 Å². The molecule has 0 saturated heterocycles. The van der Waals surface area contributed by atoms with Gasteiger partial charge in [0.15, 0.2) is 0 Å². The van der Waals surface area contributed by atoms with Crippen LogP contribution in [0.5, 0.6) is 0 Å². The molecule has 0 aliphatic rings. The summed E-state index contributed by atoms with van der Waals surface area (Å²) in [6.07, 6.45) is -1.34. The second kappa shape index (κ2) is 6.58. The summed E-state index contributed by atoms with van der Waals surface area (Å²) in [5.74, 6) is 0. The van der Waals surface area contributed by atoms with Gasteiger partial charge in [-0.1, -0.05) is 0 Å². The van der Waals surface area contributed by atoms with Gasteiger partial charge in [0.1, 0.15) is 0 Å². The van der Waals surface area contributed by atoms with Crippen molar-refractivity contribution in [1.29, 1.82) is 0 Å². The predicted octanol–water partition coefficient (Wildman–Crippen LogP) is -0.352. The number of hydrogen-bond acceptors (Lipinski definition) is 4. The molecule has 0 saturated carbocycles. The highest BCUT2D eigenvalue weighted by Gasteiger charge is 2.31. The molecule has 0 radical (unpaired) electrons. The maximum atomic E-state index is 9.70. The maximum Gasteiger partial charge on any atom is 0.0965 e. The first kappa shape index (κ1) is 14.1. The molecule has 0 aromatic heterocycles. The molecule has 0 heterocycles. The Morgan fingerprint density at radius 3 is 2.07 bits per heavy atom. The van der Waals surface area contributed by atoms with Gasteiger partial charge in [-0.15, -0.1) is 11.6 Å². The molecule has 0 aromatic carbocycles. The van der Waals surface area contributed by atoms with Crippen molar-refractivity contribution in [3.63, 3.8) is 0 Å². The third kappa shape index (κ3) is 4.11. The van der Waals surface area contributed by atoms with Crippen molar-refractivity contribution in [3.05, 3.63) is 0 Å². The highest BCUT2D eigenvalue weighted by Crippen LogP contribution is 2.17. The Morgan fingerprint density at radius 2 is 1.79 bits per heavy atom. The first-order valence-electron chi connectivity index (χ1n) is 4.69. The Labute approximate surface area is 90.1 Å². The second-order valence-electron chi connectivity index (χ2n) is 3.71. The summed E-state index contributed by atoms with van der Waals surface area (Å²) >= 11 is 6.01. The lowest BCUT2D eigenvalue weighted by atomic mass is 10.0. The number of aliphatic hydroxyl groups is 3. The summed E-state index contributed by atoms with van der Waals surface area (Å²) in [5, 5.41) is 27.3. The van der Waals surface area contributed by atoms with Crippen LogP contribution in [0.25, 0.3) is 0 Å². The van der Waals surface area contributed by atoms with E-state index in [9.17, 15) is 10.2 Å². The highest BCUT2D eigenvalue weighted by atomic mass is 35.5. The largest absolute Gasteiger partial charge is 0.396 e. The van der Waals surface area contributed by atoms with Crippen molar-refractivity contribution >= 4 is 11.6 Å². The molecule has 14 heavy (non-hydrogen) atoms. The first-order valence-corrected chi connectivity index (χ1v) is 5.13. The van der Waals surface area contributed by atoms with Crippen LogP contribution >= 0.6 is 11.6 Å². The van der Waals surface area contributed by atoms with Crippen molar-refractivity contribution in [2.75, 3.05) is 20.7 Å². The summed E-state index contributed by atoms with van der Waals surface area (Å²) in [5.41, 5.74) is 0. The lowest BCUT2D eigenvalue weighted by molar-refractivity contribution is -0.0212. The van der Waals surface area contributed by atoms with E-state index in [-0.39, 0.29) is 18.0 Å². The minimum absolute atomic E-state index is 0.0228. The van der Waals surface area contributed by atoms with Gasteiger partial charge >= 0.3 is 0 Å². The number of nitrogens with zero attached hydrogens (tertiary/aromatic N) is 1. The van der Waals surface area contributed by atoms with E-state index in [4.69, 9.17) is 16.7 Å². The Kier molecular flexibility index (Phi) is 6.64. The number of halogens is 1. The summed E-state index contributed by atoms with van der Waals surface area (Å²) in [6.45, 7) is 1.49. The van der Waals surface area contributed by atoms with Gasteiger partial charge in [0.2, 0.25) is 0 Å². The molecule has 0 fully saturated rings. The summed E-state index contributed by atoms with van der Waals surface area (Å²) in [4.78, 5) is 1.75. The Balaban J connectivity index is 4.42. The fraction of sp³-hybridized carbons (Fsp3) is 1.00. The third-order valence-corrected chi connectivity index (χ3v) is 2.69. The van der Waals surface area contributed by atoms with Gasteiger partial charge in [0, 0.05) is 6.61 Å². The molecule has 5 heteroatoms. The number of aliphatic hydroxyl groups excluding tert-OH is 3. The van der Waals surface area contributed by atoms with E-state index in [2.05, 4.69) is 0 Å². The normalized spacial score (nSPS) is 20.6. The van der Waals surface area contributed by atoms with E-state index >= 15 is 0 Å². The lowest BCUT2D eigenvalue weighted by Gasteiger charge is -2.33. The van der Waals surface area contributed by atoms with Crippen LogP contribution in [0.15, 0.2) is 0 Å². The second-order valence-corrected chi connectivity index (χ2v) is 4.27. The molecule has 3 N–H and O–H groups in total. The fourth-order valence-corrected chi connectivity index (χ4v) is 1.89. The summed E-state index contributed by atoms with van der Waals surface area (Å²) in [7, 11) is 3.56. The highest BCUT2D eigenvalue weighted by molar-refractivity contribution is 6.21. The summed E-state index contributed by atoms with van der Waals surface area (Å²) < 4.78 is 0. The van der Waals surface area contributed by atoms with Crippen LogP contribution in [-0.2, 0) is 0 Å². The Morgan fingerprint density at radius 1 is 1.29 bits per heavy atom. The molecule has 4 unspecified atom stereocenters. The lowest BCUT2D eigenvalue weighted by Crippen LogP contribution is -2.50. The van der Waals surface area contributed by atoms with E-state index < -0.39 is 12.2 Å². The Bertz CT molecular complexity index is 155. The van der Waals surface area contributed by atoms with Gasteiger partial charge < -0.3 is 20.2 Å². The van der Waals surface area contributed by atoms with Gasteiger partial charge in [-0.25, -0.2) is 0 Å². The van der Waals surface area contributed by atoms with Gasteiger partial charge in [-0.3, -0.25) is 0 Å². The van der Waals surface area contributed by atoms with Gasteiger partial charge in [0.25, 0.3) is 0 Å². The predicted molar refractivity (Wildman–Crippen MR) is 56.5 cm³/mol. The monoisotopic (exact) mass is 225 g/mol. The molecule has 0 amide bonds. The van der Waals surface area contributed by atoms with Crippen molar-refractivity contribution < 1.29 is 15.3 Å². The number of rotatable bonds is 6. The zero-order valence-electron chi connectivity index (χ0n) is 8.89. The summed E-state index contributed by atoms with van der Waals surface area (Å²) in [6, 6.07) is -0.358. The van der Waals surface area contributed by atoms with Crippen LogP contribution in [0.4, 0.5) is 0 Å². The fourth-order valence-electron chi connectivity index (χ4n) is 1.42. The standard InChI is InChI=1S/C9H20ClNO3/c1-6(13)9(14)8(11(2)3)7(10)4-5-12/h6-9,12-14H,4-5H2,1-3H3. The van der Waals surface area contributed by atoms with Crippen molar-refractivity contribution in [2.45, 2.75) is 37.0 Å². The van der Waals surface area contributed by atoms with Crippen molar-refractivity contribution in [1.82, 2.24) is 4.90 Å². The minimum atomic E-state index is -0.904. The topological polar surface area (TPSA) is 63.9 Å². The van der Waals surface area contributed by atoms with Crippen LogP contribution in [0.3, 0.4) is 0 Å². The van der Waals surface area contributed by atoms with E-state index in [1.807, 2.05) is 0 Å². The number of likely N-dealkylation sites (N-methyl/N-ethyl adjacent to an activating group) is 1. The quantitative estimate of drug-likeness (QED) is 0.541. The SMILES string of the molecule is CC(O)C(O)C(C(Cl)CCO)N(C)C. The molecule has 0 rings (SSSR count). The average molecular weight is 226 g/mol. The van der Waals surface area contributed by atoms with Gasteiger partial charge in [-0.2, -0.15) is 0 Å². The Hall–Kier alpha value is 0.130. The van der Waals surface area contributed by atoms with Crippen LogP contribution in [-0.4, -0.2) is 64.5 Å². The molecule has 0 spiro atoms. The number of hydrogen-bond donors (Lipinski definition) is 3. The van der Waals surface area contributed by atoms with Crippen LogP contribution in [0.1, 0.15) is 13.3 Å². The minimum Gasteiger partial charge on any atom is -0.396 e. The molecular weight excluding hydrogens is 206 g/mol. The molecule has 0 bridgehead atoms. The van der Waals surface area contributed by atoms with Gasteiger partial charge in [0.05, 0.1) is 23.6 Å². The maximum absolute atomic E-state index is 9.70. The van der Waals surface area contributed by atoms with Crippen LogP contribution in [0.2, 0.25) is 0 Å². The molecule has 0 aliphatic carbocycles. The third-order valence-electron chi connectivity index (χ3n) is 2.22. The molecule has 4 atom stereocenters. The van der Waals surface area contributed by atoms with Crippen LogP contribution < -0.4 is 0 Å². The molecule has 0 aromatic rings. The zero-order chi connectivity index (χ0) is 11.3. The van der Waals surface area contributed by atoms with E-state index in [0.717, 1.165) is 0 Å². The molecule has 4 nitrogen and oxygen atoms in total. The van der Waals surface area contributed by atoms with Gasteiger partial charge in [-0.05, 0) is 27.4 Å². The molecule has 0 aliphatic heterocycles. The number of alkyl halides is 1. The molecule has 86 valence electrons. The smallest absolute Gasteiger partial charge is 0.0965 e. The average Bonchev–Trinajstić information content (AvgIpc) is 2.03. The first-order chi connectivity index (χ1) is 6.41.